The number of carbonyl (C=O) groups is 3. The molecule has 0 radical (unpaired) electrons. The summed E-state index contributed by atoms with van der Waals surface area (Å²) < 4.78 is 66.0. The van der Waals surface area contributed by atoms with Crippen LogP contribution in [-0.4, -0.2) is 48.1 Å². The molecule has 0 saturated carbocycles. The van der Waals surface area contributed by atoms with Gasteiger partial charge in [-0.3, -0.25) is 19.7 Å². The summed E-state index contributed by atoms with van der Waals surface area (Å²) in [5.41, 5.74) is 1.83. The first-order valence-corrected chi connectivity index (χ1v) is 14.1. The van der Waals surface area contributed by atoms with Crippen LogP contribution in [0.15, 0.2) is 60.7 Å². The first kappa shape index (κ1) is 32.6. The maximum atomic E-state index is 14.0. The number of ketones is 1. The van der Waals surface area contributed by atoms with E-state index in [-0.39, 0.29) is 6.07 Å². The summed E-state index contributed by atoms with van der Waals surface area (Å²) in [4.78, 5) is 37.6. The van der Waals surface area contributed by atoms with E-state index in [1.165, 1.54) is 6.92 Å². The fourth-order valence-electron chi connectivity index (χ4n) is 5.14. The van der Waals surface area contributed by atoms with Crippen molar-refractivity contribution in [2.75, 3.05) is 13.2 Å². The van der Waals surface area contributed by atoms with Crippen LogP contribution in [0.1, 0.15) is 49.3 Å². The van der Waals surface area contributed by atoms with Gasteiger partial charge in [0.25, 0.3) is 0 Å². The van der Waals surface area contributed by atoms with Crippen LogP contribution in [-0.2, 0) is 31.3 Å². The monoisotopic (exact) mass is 616 g/mol. The molecule has 0 spiro atoms. The number of halogens is 4. The second-order valence-corrected chi connectivity index (χ2v) is 10.5. The molecule has 1 amide bonds. The lowest BCUT2D eigenvalue weighted by Gasteiger charge is -2.41. The molecule has 44 heavy (non-hydrogen) atoms. The Hall–Kier alpha value is -4.29. The molecule has 234 valence electrons. The fraction of sp³-hybridized carbons (Fsp3) is 0.344. The minimum atomic E-state index is -1.86. The molecule has 0 aliphatic carbocycles. The molecule has 3 aromatic carbocycles. The molecular formula is C32H32F4N2O6. The van der Waals surface area contributed by atoms with Crippen LogP contribution in [0.4, 0.5) is 17.6 Å². The average Bonchev–Trinajstić information content (AvgIpc) is 3.00. The van der Waals surface area contributed by atoms with Crippen LogP contribution in [0, 0.1) is 23.3 Å². The van der Waals surface area contributed by atoms with Crippen LogP contribution in [0.25, 0.3) is 0 Å². The van der Waals surface area contributed by atoms with Crippen molar-refractivity contribution in [1.82, 2.24) is 10.6 Å². The summed E-state index contributed by atoms with van der Waals surface area (Å²) in [6, 6.07) is 14.8. The molecule has 4 rings (SSSR count). The highest BCUT2D eigenvalue weighted by Crippen LogP contribution is 2.36. The predicted octanol–water partition coefficient (Wildman–Crippen LogP) is 4.77. The van der Waals surface area contributed by atoms with E-state index in [4.69, 9.17) is 9.47 Å². The topological polar surface area (TPSA) is 114 Å². The zero-order valence-corrected chi connectivity index (χ0v) is 23.9. The van der Waals surface area contributed by atoms with Crippen LogP contribution < -0.4 is 15.4 Å². The number of hydrogen-bond donors (Lipinski definition) is 3. The number of ether oxygens (including phenoxy) is 2. The summed E-state index contributed by atoms with van der Waals surface area (Å²) in [6.45, 7) is 0.775. The Balaban J connectivity index is 1.51. The molecule has 1 saturated heterocycles. The van der Waals surface area contributed by atoms with E-state index < -0.39 is 77.5 Å². The van der Waals surface area contributed by atoms with Gasteiger partial charge in [-0.15, -0.1) is 0 Å². The Morgan fingerprint density at radius 2 is 1.64 bits per heavy atom. The molecule has 1 heterocycles. The SMILES string of the molecule is C[C@H](NC1(c2ccccc2Cc2ccccc2)CCCCO1)C(=O)N[C@@H](CC(=O)O)C(=O)COc1c(F)c(F)cc(F)c1F. The van der Waals surface area contributed by atoms with Gasteiger partial charge in [-0.1, -0.05) is 54.6 Å². The largest absolute Gasteiger partial charge is 0.481 e. The van der Waals surface area contributed by atoms with E-state index >= 15 is 0 Å². The molecule has 0 aromatic heterocycles. The molecular weight excluding hydrogens is 584 g/mol. The van der Waals surface area contributed by atoms with Crippen molar-refractivity contribution in [1.29, 1.82) is 0 Å². The third-order valence-corrected chi connectivity index (χ3v) is 7.32. The van der Waals surface area contributed by atoms with Crippen molar-refractivity contribution in [2.45, 2.75) is 56.8 Å². The molecule has 1 aliphatic heterocycles. The Kier molecular flexibility index (Phi) is 10.7. The van der Waals surface area contributed by atoms with Crippen LogP contribution in [0.3, 0.4) is 0 Å². The number of hydrogen-bond acceptors (Lipinski definition) is 6. The number of carboxylic acid groups (broad SMARTS) is 1. The van der Waals surface area contributed by atoms with Crippen molar-refractivity contribution < 1.29 is 46.5 Å². The summed E-state index contributed by atoms with van der Waals surface area (Å²) in [7, 11) is 0. The molecule has 8 nitrogen and oxygen atoms in total. The number of nitrogens with one attached hydrogen (secondary N) is 2. The summed E-state index contributed by atoms with van der Waals surface area (Å²) in [5.74, 6) is -12.0. The zero-order valence-electron chi connectivity index (χ0n) is 23.9. The van der Waals surface area contributed by atoms with Gasteiger partial charge in [0.2, 0.25) is 17.5 Å². The fourth-order valence-corrected chi connectivity index (χ4v) is 5.14. The first-order valence-electron chi connectivity index (χ1n) is 14.1. The lowest BCUT2D eigenvalue weighted by molar-refractivity contribution is -0.142. The molecule has 3 atom stereocenters. The normalized spacial score (nSPS) is 17.8. The van der Waals surface area contributed by atoms with Gasteiger partial charge in [-0.05, 0) is 43.7 Å². The van der Waals surface area contributed by atoms with Crippen molar-refractivity contribution in [3.05, 3.63) is 101 Å². The quantitative estimate of drug-likeness (QED) is 0.187. The van der Waals surface area contributed by atoms with Gasteiger partial charge in [0.1, 0.15) is 18.4 Å². The first-order chi connectivity index (χ1) is 21.0. The highest BCUT2D eigenvalue weighted by molar-refractivity contribution is 5.94. The summed E-state index contributed by atoms with van der Waals surface area (Å²) in [6.07, 6.45) is 1.87. The number of Topliss-reactive ketones (excluding diaryl/α,β-unsaturated/α-hetero) is 1. The van der Waals surface area contributed by atoms with Crippen LogP contribution in [0.2, 0.25) is 0 Å². The minimum absolute atomic E-state index is 0.0238. The Morgan fingerprint density at radius 1 is 0.977 bits per heavy atom. The van der Waals surface area contributed by atoms with Gasteiger partial charge in [0, 0.05) is 18.2 Å². The standard InChI is InChI=1S/C32H32F4N2O6/c1-19(31(42)37-25(17-27(40)41)26(39)18-43-30-28(35)23(33)16-24(34)29(30)36)38-32(13-7-8-14-44-32)22-12-6-5-11-21(22)15-20-9-3-2-4-10-20/h2-6,9-12,16,19,25,38H,7-8,13-15,17-18H2,1H3,(H,37,42)(H,40,41)/t19-,25-,32?/m0/s1. The smallest absolute Gasteiger partial charge is 0.305 e. The van der Waals surface area contributed by atoms with E-state index in [0.717, 1.165) is 29.5 Å². The molecule has 3 N–H and O–H groups in total. The molecule has 1 unspecified atom stereocenters. The molecule has 1 aliphatic rings. The van der Waals surface area contributed by atoms with Gasteiger partial charge in [0.15, 0.2) is 23.2 Å². The lowest BCUT2D eigenvalue weighted by Crippen LogP contribution is -2.57. The van der Waals surface area contributed by atoms with E-state index in [0.29, 0.717) is 19.4 Å². The van der Waals surface area contributed by atoms with Crippen molar-refractivity contribution in [3.8, 4) is 5.75 Å². The Morgan fingerprint density at radius 3 is 2.27 bits per heavy atom. The number of carbonyl (C=O) groups excluding carboxylic acids is 2. The molecule has 0 bridgehead atoms. The average molecular weight is 617 g/mol. The Bertz CT molecular complexity index is 1470. The van der Waals surface area contributed by atoms with Gasteiger partial charge in [0.05, 0.1) is 12.5 Å². The summed E-state index contributed by atoms with van der Waals surface area (Å²) in [5, 5.41) is 14.9. The number of carboxylic acids is 1. The lowest BCUT2D eigenvalue weighted by atomic mass is 9.87. The number of aliphatic carboxylic acids is 1. The van der Waals surface area contributed by atoms with E-state index in [1.54, 1.807) is 0 Å². The molecule has 12 heteroatoms. The minimum Gasteiger partial charge on any atom is -0.481 e. The van der Waals surface area contributed by atoms with Crippen molar-refractivity contribution >= 4 is 17.7 Å². The van der Waals surface area contributed by atoms with Crippen molar-refractivity contribution in [2.24, 2.45) is 0 Å². The second kappa shape index (κ2) is 14.5. The molecule has 3 aromatic rings. The second-order valence-electron chi connectivity index (χ2n) is 10.5. The highest BCUT2D eigenvalue weighted by Gasteiger charge is 2.40. The third kappa shape index (κ3) is 7.80. The van der Waals surface area contributed by atoms with Crippen molar-refractivity contribution in [3.63, 3.8) is 0 Å². The molecule has 1 fully saturated rings. The number of rotatable bonds is 13. The van der Waals surface area contributed by atoms with Gasteiger partial charge >= 0.3 is 5.97 Å². The van der Waals surface area contributed by atoms with Gasteiger partial charge in [-0.2, -0.15) is 8.78 Å². The Labute approximate surface area is 251 Å². The highest BCUT2D eigenvalue weighted by atomic mass is 19.2. The van der Waals surface area contributed by atoms with Crippen LogP contribution in [0.5, 0.6) is 5.75 Å². The maximum Gasteiger partial charge on any atom is 0.305 e. The number of benzene rings is 3. The van der Waals surface area contributed by atoms with E-state index in [2.05, 4.69) is 10.6 Å². The maximum absolute atomic E-state index is 14.0. The third-order valence-electron chi connectivity index (χ3n) is 7.32. The summed E-state index contributed by atoms with van der Waals surface area (Å²) >= 11 is 0. The van der Waals surface area contributed by atoms with Gasteiger partial charge in [-0.25, -0.2) is 8.78 Å². The van der Waals surface area contributed by atoms with Crippen LogP contribution >= 0.6 is 0 Å². The van der Waals surface area contributed by atoms with E-state index in [9.17, 15) is 37.1 Å². The van der Waals surface area contributed by atoms with E-state index in [1.807, 2.05) is 54.6 Å². The number of amides is 1. The van der Waals surface area contributed by atoms with Gasteiger partial charge < -0.3 is 19.9 Å². The zero-order chi connectivity index (χ0) is 31.9. The predicted molar refractivity (Wildman–Crippen MR) is 151 cm³/mol.